The first-order valence-corrected chi connectivity index (χ1v) is 11.7. The molecular weight excluding hydrogens is 394 g/mol. The molecule has 0 bridgehead atoms. The van der Waals surface area contributed by atoms with Crippen molar-refractivity contribution in [1.82, 2.24) is 0 Å². The van der Waals surface area contributed by atoms with Gasteiger partial charge in [0.25, 0.3) is 0 Å². The summed E-state index contributed by atoms with van der Waals surface area (Å²) in [6.45, 7) is 6.85. The molecule has 2 aliphatic rings. The van der Waals surface area contributed by atoms with Crippen molar-refractivity contribution in [2.24, 2.45) is 0 Å². The van der Waals surface area contributed by atoms with Crippen molar-refractivity contribution < 1.29 is 13.0 Å². The first-order valence-electron chi connectivity index (χ1n) is 9.72. The summed E-state index contributed by atoms with van der Waals surface area (Å²) in [5.41, 5.74) is 5.44. The molecule has 1 aliphatic heterocycles. The highest BCUT2D eigenvalue weighted by Crippen LogP contribution is 2.48. The number of hydrogen-bond acceptors (Lipinski definition) is 4. The highest BCUT2D eigenvalue weighted by Gasteiger charge is 2.39. The van der Waals surface area contributed by atoms with Gasteiger partial charge in [-0.15, -0.1) is 0 Å². The molecule has 1 aromatic rings. The summed E-state index contributed by atoms with van der Waals surface area (Å²) in [6.07, 6.45) is 7.53. The minimum absolute atomic E-state index is 0.232. The minimum Gasteiger partial charge on any atom is -0.748 e. The molecule has 0 radical (unpaired) electrons. The molecule has 3 rings (SSSR count). The lowest BCUT2D eigenvalue weighted by molar-refractivity contribution is 0.461. The first kappa shape index (κ1) is 21.2. The molecule has 1 aliphatic carbocycles. The Morgan fingerprint density at radius 2 is 1.96 bits per heavy atom. The summed E-state index contributed by atoms with van der Waals surface area (Å²) < 4.78 is 33.2. The third-order valence-electron chi connectivity index (χ3n) is 5.69. The van der Waals surface area contributed by atoms with Crippen LogP contribution in [0.4, 0.5) is 5.69 Å². The zero-order valence-electron chi connectivity index (χ0n) is 16.7. The van der Waals surface area contributed by atoms with Gasteiger partial charge in [-0.1, -0.05) is 49.7 Å². The molecule has 4 nitrogen and oxygen atoms in total. The number of fused-ring (bicyclic) bond motifs is 1. The molecule has 0 spiro atoms. The number of rotatable bonds is 5. The molecule has 0 fully saturated rings. The number of nitrogens with zero attached hydrogens (tertiary/aromatic N) is 1. The van der Waals surface area contributed by atoms with E-state index in [0.717, 1.165) is 41.3 Å². The van der Waals surface area contributed by atoms with E-state index in [1.807, 2.05) is 19.1 Å². The molecule has 1 heterocycles. The second-order valence-electron chi connectivity index (χ2n) is 7.95. The fourth-order valence-electron chi connectivity index (χ4n) is 4.21. The lowest BCUT2D eigenvalue weighted by atomic mass is 9.82. The van der Waals surface area contributed by atoms with E-state index in [0.29, 0.717) is 13.0 Å². The molecular formula is C22H27ClNO3S-. The summed E-state index contributed by atoms with van der Waals surface area (Å²) in [6, 6.07) is 8.17. The van der Waals surface area contributed by atoms with E-state index in [1.165, 1.54) is 11.1 Å². The number of allylic oxidation sites excluding steroid dienone is 6. The third kappa shape index (κ3) is 4.22. The molecule has 0 unspecified atom stereocenters. The van der Waals surface area contributed by atoms with Gasteiger partial charge < -0.3 is 9.45 Å². The SMILES string of the molecule is CC=C1CCCC(/C=C2\N(CCCS(=O)(=O)[O-])c3ccccc3C2(C)C)=C1Cl. The predicted octanol–water partition coefficient (Wildman–Crippen LogP) is 5.23. The molecule has 152 valence electrons. The van der Waals surface area contributed by atoms with Gasteiger partial charge in [-0.3, -0.25) is 0 Å². The van der Waals surface area contributed by atoms with Crippen LogP contribution in [0.1, 0.15) is 52.0 Å². The average molecular weight is 421 g/mol. The zero-order chi connectivity index (χ0) is 20.5. The van der Waals surface area contributed by atoms with Gasteiger partial charge in [-0.2, -0.15) is 0 Å². The highest BCUT2D eigenvalue weighted by atomic mass is 35.5. The Balaban J connectivity index is 2.04. The van der Waals surface area contributed by atoms with Crippen molar-refractivity contribution >= 4 is 27.4 Å². The maximum atomic E-state index is 11.1. The van der Waals surface area contributed by atoms with E-state index >= 15 is 0 Å². The lowest BCUT2D eigenvalue weighted by Crippen LogP contribution is -2.28. The Bertz CT molecular complexity index is 958. The molecule has 0 amide bonds. The topological polar surface area (TPSA) is 60.4 Å². The molecule has 0 saturated heterocycles. The normalized spacial score (nSPS) is 22.2. The van der Waals surface area contributed by atoms with Crippen LogP contribution in [-0.2, 0) is 15.5 Å². The van der Waals surface area contributed by atoms with Gasteiger partial charge in [0, 0.05) is 34.1 Å². The quantitative estimate of drug-likeness (QED) is 0.612. The number of halogens is 1. The summed E-state index contributed by atoms with van der Waals surface area (Å²) in [4.78, 5) is 2.15. The van der Waals surface area contributed by atoms with Crippen LogP contribution in [-0.4, -0.2) is 25.3 Å². The number of anilines is 1. The summed E-state index contributed by atoms with van der Waals surface area (Å²) in [7, 11) is -4.22. The summed E-state index contributed by atoms with van der Waals surface area (Å²) in [5, 5.41) is 0.829. The van der Waals surface area contributed by atoms with Crippen LogP contribution in [0.5, 0.6) is 0 Å². The van der Waals surface area contributed by atoms with E-state index in [-0.39, 0.29) is 11.2 Å². The maximum absolute atomic E-state index is 11.1. The Hall–Kier alpha value is -1.56. The van der Waals surface area contributed by atoms with Crippen molar-refractivity contribution in [1.29, 1.82) is 0 Å². The number of benzene rings is 1. The van der Waals surface area contributed by atoms with Crippen LogP contribution in [0.15, 0.2) is 58.3 Å². The Morgan fingerprint density at radius 1 is 1.25 bits per heavy atom. The fraction of sp³-hybridized carbons (Fsp3) is 0.455. The number of hydrogen-bond donors (Lipinski definition) is 0. The van der Waals surface area contributed by atoms with E-state index in [9.17, 15) is 13.0 Å². The van der Waals surface area contributed by atoms with E-state index < -0.39 is 10.1 Å². The Morgan fingerprint density at radius 3 is 2.64 bits per heavy atom. The Kier molecular flexibility index (Phi) is 6.08. The fourth-order valence-corrected chi connectivity index (χ4v) is 5.04. The molecule has 1 aromatic carbocycles. The van der Waals surface area contributed by atoms with Crippen LogP contribution in [0.25, 0.3) is 0 Å². The van der Waals surface area contributed by atoms with Gasteiger partial charge in [0.05, 0.1) is 10.1 Å². The standard InChI is InChI=1S/C22H28ClNO3S/c1-4-16-9-7-10-17(21(16)23)15-20-22(2,3)18-11-5-6-12-19(18)24(20)13-8-14-28(25,26)27/h4-6,11-12,15H,7-10,13-14H2,1-3H3,(H,25,26,27)/p-1/b16-4?,20-15-. The van der Waals surface area contributed by atoms with Gasteiger partial charge in [0.15, 0.2) is 0 Å². The van der Waals surface area contributed by atoms with E-state index in [2.05, 4.69) is 43.0 Å². The van der Waals surface area contributed by atoms with E-state index in [4.69, 9.17) is 11.6 Å². The van der Waals surface area contributed by atoms with Crippen LogP contribution in [0, 0.1) is 0 Å². The van der Waals surface area contributed by atoms with Gasteiger partial charge in [-0.05, 0) is 61.5 Å². The average Bonchev–Trinajstić information content (AvgIpc) is 2.84. The van der Waals surface area contributed by atoms with Gasteiger partial charge >= 0.3 is 0 Å². The van der Waals surface area contributed by atoms with Gasteiger partial charge in [0.1, 0.15) is 0 Å². The highest BCUT2D eigenvalue weighted by molar-refractivity contribution is 7.85. The van der Waals surface area contributed by atoms with Crippen molar-refractivity contribution in [3.63, 3.8) is 0 Å². The molecule has 0 atom stereocenters. The van der Waals surface area contributed by atoms with Crippen molar-refractivity contribution in [2.45, 2.75) is 51.9 Å². The van der Waals surface area contributed by atoms with Crippen LogP contribution < -0.4 is 4.90 Å². The lowest BCUT2D eigenvalue weighted by Gasteiger charge is -2.29. The summed E-state index contributed by atoms with van der Waals surface area (Å²) >= 11 is 6.67. The smallest absolute Gasteiger partial charge is 0.0946 e. The summed E-state index contributed by atoms with van der Waals surface area (Å²) in [5.74, 6) is -0.356. The number of para-hydroxylation sites is 1. The van der Waals surface area contributed by atoms with Crippen LogP contribution in [0.3, 0.4) is 0 Å². The second-order valence-corrected chi connectivity index (χ2v) is 9.85. The molecule has 0 saturated carbocycles. The molecule has 0 aromatic heterocycles. The Labute approximate surface area is 173 Å². The second kappa shape index (κ2) is 8.05. The third-order valence-corrected chi connectivity index (χ3v) is 6.97. The molecule has 0 N–H and O–H groups in total. The van der Waals surface area contributed by atoms with Gasteiger partial charge in [-0.25, -0.2) is 8.42 Å². The van der Waals surface area contributed by atoms with Crippen molar-refractivity contribution in [3.05, 3.63) is 63.9 Å². The monoisotopic (exact) mass is 420 g/mol. The maximum Gasteiger partial charge on any atom is 0.0946 e. The largest absolute Gasteiger partial charge is 0.748 e. The molecule has 6 heteroatoms. The first-order chi connectivity index (χ1) is 13.1. The van der Waals surface area contributed by atoms with Crippen LogP contribution in [0.2, 0.25) is 0 Å². The zero-order valence-corrected chi connectivity index (χ0v) is 18.2. The van der Waals surface area contributed by atoms with E-state index in [1.54, 1.807) is 0 Å². The minimum atomic E-state index is -4.22. The predicted molar refractivity (Wildman–Crippen MR) is 115 cm³/mol. The molecule has 28 heavy (non-hydrogen) atoms. The van der Waals surface area contributed by atoms with Crippen molar-refractivity contribution in [3.8, 4) is 0 Å². The van der Waals surface area contributed by atoms with Crippen molar-refractivity contribution in [2.75, 3.05) is 17.2 Å². The van der Waals surface area contributed by atoms with Crippen LogP contribution >= 0.6 is 11.6 Å². The van der Waals surface area contributed by atoms with Gasteiger partial charge in [0.2, 0.25) is 0 Å².